The Morgan fingerprint density at radius 1 is 1.30 bits per heavy atom. The average molecular weight is 293 g/mol. The van der Waals surface area contributed by atoms with Crippen molar-refractivity contribution in [2.75, 3.05) is 0 Å². The van der Waals surface area contributed by atoms with Gasteiger partial charge >= 0.3 is 5.97 Å². The zero-order valence-corrected chi connectivity index (χ0v) is 11.4. The zero-order chi connectivity index (χ0) is 14.7. The van der Waals surface area contributed by atoms with Gasteiger partial charge in [0, 0.05) is 5.56 Å². The Kier molecular flexibility index (Phi) is 4.14. The third kappa shape index (κ3) is 2.85. The highest BCUT2D eigenvalue weighted by atomic mass is 32.1. The van der Waals surface area contributed by atoms with Crippen LogP contribution in [-0.2, 0) is 4.79 Å². The van der Waals surface area contributed by atoms with Crippen LogP contribution in [0.1, 0.15) is 26.8 Å². The highest BCUT2D eigenvalue weighted by molar-refractivity contribution is 7.12. The van der Waals surface area contributed by atoms with E-state index in [1.54, 1.807) is 18.4 Å². The Bertz CT molecular complexity index is 653. The molecule has 0 radical (unpaired) electrons. The summed E-state index contributed by atoms with van der Waals surface area (Å²) in [5.74, 6) is -2.49. The predicted octanol–water partition coefficient (Wildman–Crippen LogP) is 2.75. The van der Waals surface area contributed by atoms with Crippen molar-refractivity contribution >= 4 is 23.2 Å². The fraction of sp³-hybridized carbons (Fsp3) is 0.143. The quantitative estimate of drug-likeness (QED) is 0.911. The second-order valence-electron chi connectivity index (χ2n) is 4.20. The molecule has 0 saturated heterocycles. The molecule has 4 nitrogen and oxygen atoms in total. The molecule has 0 spiro atoms. The van der Waals surface area contributed by atoms with E-state index in [9.17, 15) is 19.1 Å². The first-order chi connectivity index (χ1) is 9.50. The summed E-state index contributed by atoms with van der Waals surface area (Å²) in [4.78, 5) is 23.7. The van der Waals surface area contributed by atoms with E-state index < -0.39 is 23.7 Å². The number of hydrogen-bond acceptors (Lipinski definition) is 3. The highest BCUT2D eigenvalue weighted by Gasteiger charge is 2.26. The van der Waals surface area contributed by atoms with Gasteiger partial charge in [-0.15, -0.1) is 11.3 Å². The predicted molar refractivity (Wildman–Crippen MR) is 73.3 cm³/mol. The van der Waals surface area contributed by atoms with Crippen molar-refractivity contribution in [3.8, 4) is 0 Å². The molecule has 20 heavy (non-hydrogen) atoms. The lowest BCUT2D eigenvalue weighted by Gasteiger charge is -2.15. The molecule has 1 atom stereocenters. The molecule has 0 saturated carbocycles. The number of carbonyl (C=O) groups excluding carboxylic acids is 1. The van der Waals surface area contributed by atoms with E-state index in [-0.39, 0.29) is 5.56 Å². The van der Waals surface area contributed by atoms with E-state index >= 15 is 0 Å². The van der Waals surface area contributed by atoms with Gasteiger partial charge in [-0.2, -0.15) is 0 Å². The number of nitrogens with one attached hydrogen (secondary N) is 1. The highest BCUT2D eigenvalue weighted by Crippen LogP contribution is 2.20. The van der Waals surface area contributed by atoms with E-state index in [0.29, 0.717) is 4.88 Å². The van der Waals surface area contributed by atoms with Gasteiger partial charge in [0.25, 0.3) is 5.91 Å². The number of amides is 1. The third-order valence-corrected chi connectivity index (χ3v) is 3.82. The normalized spacial score (nSPS) is 11.9. The van der Waals surface area contributed by atoms with Crippen LogP contribution in [0.4, 0.5) is 4.39 Å². The standard InChI is InChI=1S/C14H12FNO3S/c1-8-6-7-20-12(8)13(17)16-11(14(18)19)9-4-2-3-5-10(9)15/h2-7,11H,1H3,(H,16,17)(H,18,19)/t11-/m1/s1. The molecule has 0 unspecified atom stereocenters. The number of rotatable bonds is 4. The lowest BCUT2D eigenvalue weighted by molar-refractivity contribution is -0.139. The molecule has 1 heterocycles. The molecule has 0 aliphatic heterocycles. The molecule has 2 rings (SSSR count). The molecule has 0 aliphatic rings. The van der Waals surface area contributed by atoms with Gasteiger partial charge in [0.2, 0.25) is 0 Å². The Hall–Kier alpha value is -2.21. The van der Waals surface area contributed by atoms with Crippen molar-refractivity contribution in [2.24, 2.45) is 0 Å². The third-order valence-electron chi connectivity index (χ3n) is 2.81. The lowest BCUT2D eigenvalue weighted by atomic mass is 10.1. The Labute approximate surface area is 118 Å². The first-order valence-electron chi connectivity index (χ1n) is 5.83. The molecule has 1 aromatic carbocycles. The zero-order valence-electron chi connectivity index (χ0n) is 10.6. The van der Waals surface area contributed by atoms with E-state index in [2.05, 4.69) is 5.32 Å². The summed E-state index contributed by atoms with van der Waals surface area (Å²) in [6, 6.07) is 5.84. The van der Waals surface area contributed by atoms with Gasteiger partial charge in [-0.05, 0) is 30.0 Å². The summed E-state index contributed by atoms with van der Waals surface area (Å²) in [5, 5.41) is 13.3. The lowest BCUT2D eigenvalue weighted by Crippen LogP contribution is -2.34. The summed E-state index contributed by atoms with van der Waals surface area (Å²) < 4.78 is 13.7. The maximum Gasteiger partial charge on any atom is 0.331 e. The first-order valence-corrected chi connectivity index (χ1v) is 6.71. The van der Waals surface area contributed by atoms with Gasteiger partial charge < -0.3 is 10.4 Å². The summed E-state index contributed by atoms with van der Waals surface area (Å²) in [7, 11) is 0. The fourth-order valence-corrected chi connectivity index (χ4v) is 2.61. The van der Waals surface area contributed by atoms with Gasteiger partial charge in [-0.1, -0.05) is 18.2 Å². The van der Waals surface area contributed by atoms with Crippen molar-refractivity contribution in [3.63, 3.8) is 0 Å². The average Bonchev–Trinajstić information content (AvgIpc) is 2.83. The van der Waals surface area contributed by atoms with Crippen LogP contribution >= 0.6 is 11.3 Å². The minimum atomic E-state index is -1.41. The number of carboxylic acids is 1. The molecular formula is C14H12FNO3S. The Balaban J connectivity index is 2.28. The van der Waals surface area contributed by atoms with Crippen LogP contribution in [0.25, 0.3) is 0 Å². The van der Waals surface area contributed by atoms with Crippen molar-refractivity contribution in [1.29, 1.82) is 0 Å². The maximum atomic E-state index is 13.7. The summed E-state index contributed by atoms with van der Waals surface area (Å²) in [6.07, 6.45) is 0. The van der Waals surface area contributed by atoms with Gasteiger partial charge in [0.05, 0.1) is 4.88 Å². The number of halogens is 1. The molecule has 2 N–H and O–H groups in total. The molecule has 6 heteroatoms. The van der Waals surface area contributed by atoms with Crippen LogP contribution < -0.4 is 5.32 Å². The monoisotopic (exact) mass is 293 g/mol. The van der Waals surface area contributed by atoms with Crippen LogP contribution in [0.3, 0.4) is 0 Å². The first kappa shape index (κ1) is 14.2. The van der Waals surface area contributed by atoms with Gasteiger partial charge in [-0.25, -0.2) is 9.18 Å². The van der Waals surface area contributed by atoms with E-state index in [4.69, 9.17) is 0 Å². The summed E-state index contributed by atoms with van der Waals surface area (Å²) in [5.41, 5.74) is 0.688. The van der Waals surface area contributed by atoms with Crippen LogP contribution in [0.5, 0.6) is 0 Å². The number of benzene rings is 1. The smallest absolute Gasteiger partial charge is 0.331 e. The van der Waals surface area contributed by atoms with Crippen molar-refractivity contribution in [2.45, 2.75) is 13.0 Å². The summed E-state index contributed by atoms with van der Waals surface area (Å²) >= 11 is 1.21. The molecule has 1 amide bonds. The number of hydrogen-bond donors (Lipinski definition) is 2. The van der Waals surface area contributed by atoms with Crippen molar-refractivity contribution < 1.29 is 19.1 Å². The summed E-state index contributed by atoms with van der Waals surface area (Å²) in [6.45, 7) is 1.75. The van der Waals surface area contributed by atoms with Crippen LogP contribution in [-0.4, -0.2) is 17.0 Å². The van der Waals surface area contributed by atoms with Gasteiger partial charge in [-0.3, -0.25) is 4.79 Å². The van der Waals surface area contributed by atoms with Crippen LogP contribution in [0.15, 0.2) is 35.7 Å². The molecular weight excluding hydrogens is 281 g/mol. The number of aryl methyl sites for hydroxylation is 1. The molecule has 0 aliphatic carbocycles. The Morgan fingerprint density at radius 3 is 2.55 bits per heavy atom. The minimum Gasteiger partial charge on any atom is -0.479 e. The van der Waals surface area contributed by atoms with Crippen LogP contribution in [0, 0.1) is 12.7 Å². The van der Waals surface area contributed by atoms with E-state index in [1.807, 2.05) is 0 Å². The molecule has 2 aromatic rings. The second-order valence-corrected chi connectivity index (χ2v) is 5.12. The number of carboxylic acid groups (broad SMARTS) is 1. The molecule has 104 valence electrons. The van der Waals surface area contributed by atoms with E-state index in [0.717, 1.165) is 11.6 Å². The largest absolute Gasteiger partial charge is 0.479 e. The molecule has 0 bridgehead atoms. The van der Waals surface area contributed by atoms with Gasteiger partial charge in [0.15, 0.2) is 6.04 Å². The molecule has 1 aromatic heterocycles. The maximum absolute atomic E-state index is 13.7. The number of aliphatic carboxylic acids is 1. The van der Waals surface area contributed by atoms with Crippen molar-refractivity contribution in [3.05, 3.63) is 57.5 Å². The number of carbonyl (C=O) groups is 2. The fourth-order valence-electron chi connectivity index (χ4n) is 1.78. The van der Waals surface area contributed by atoms with E-state index in [1.165, 1.54) is 29.5 Å². The molecule has 0 fully saturated rings. The topological polar surface area (TPSA) is 66.4 Å². The SMILES string of the molecule is Cc1ccsc1C(=O)N[C@@H](C(=O)O)c1ccccc1F. The Morgan fingerprint density at radius 2 is 2.00 bits per heavy atom. The van der Waals surface area contributed by atoms with Gasteiger partial charge in [0.1, 0.15) is 5.82 Å². The van der Waals surface area contributed by atoms with Crippen LogP contribution in [0.2, 0.25) is 0 Å². The van der Waals surface area contributed by atoms with Crippen molar-refractivity contribution in [1.82, 2.24) is 5.32 Å². The number of thiophene rings is 1. The second kappa shape index (κ2) is 5.83. The minimum absolute atomic E-state index is 0.0671.